The zero-order valence-electron chi connectivity index (χ0n) is 13.6. The fourth-order valence-corrected chi connectivity index (χ4v) is 2.26. The molecular weight excluding hydrogens is 354 g/mol. The molecule has 0 amide bonds. The summed E-state index contributed by atoms with van der Waals surface area (Å²) >= 11 is 5.91. The lowest BCUT2D eigenvalue weighted by Crippen LogP contribution is -2.06. The number of phenolic OH excluding ortho intramolecular Hbond substituents is 1. The molecule has 0 atom stereocenters. The van der Waals surface area contributed by atoms with Gasteiger partial charge in [0.2, 0.25) is 0 Å². The first-order valence-corrected chi connectivity index (χ1v) is 8.09. The Balaban J connectivity index is 1.53. The van der Waals surface area contributed by atoms with Crippen LogP contribution in [0.15, 0.2) is 54.6 Å². The number of aromatic nitrogens is 3. The van der Waals surface area contributed by atoms with E-state index in [2.05, 4.69) is 20.5 Å². The van der Waals surface area contributed by atoms with Gasteiger partial charge in [0.25, 0.3) is 0 Å². The van der Waals surface area contributed by atoms with Crippen LogP contribution in [0.25, 0.3) is 6.08 Å². The number of hydrogen-bond donors (Lipinski definition) is 4. The number of aromatic amines is 1. The number of ether oxygens (including phenoxy) is 1. The molecule has 1 aromatic heterocycles. The smallest absolute Gasteiger partial charge is 0.168 e. The molecule has 0 aliphatic rings. The Bertz CT molecular complexity index is 921. The summed E-state index contributed by atoms with van der Waals surface area (Å²) in [6, 6.07) is 13.5. The van der Waals surface area contributed by atoms with Crippen molar-refractivity contribution >= 4 is 29.2 Å². The van der Waals surface area contributed by atoms with E-state index in [1.807, 2.05) is 6.07 Å². The summed E-state index contributed by atoms with van der Waals surface area (Å²) in [4.78, 5) is 2.99. The van der Waals surface area contributed by atoms with Crippen LogP contribution in [0.2, 0.25) is 5.02 Å². The van der Waals surface area contributed by atoms with Gasteiger partial charge in [0.15, 0.2) is 11.6 Å². The van der Waals surface area contributed by atoms with Gasteiger partial charge in [-0.3, -0.25) is 5.41 Å². The summed E-state index contributed by atoms with van der Waals surface area (Å²) in [6.07, 6.45) is 3.20. The zero-order valence-corrected chi connectivity index (χ0v) is 14.4. The molecule has 4 N–H and O–H groups in total. The number of H-pyrrole nitrogens is 1. The molecule has 0 aliphatic carbocycles. The summed E-state index contributed by atoms with van der Waals surface area (Å²) < 4.78 is 5.54. The third-order valence-corrected chi connectivity index (χ3v) is 3.51. The van der Waals surface area contributed by atoms with Crippen molar-refractivity contribution in [1.82, 2.24) is 15.2 Å². The van der Waals surface area contributed by atoms with Crippen molar-refractivity contribution in [2.24, 2.45) is 0 Å². The van der Waals surface area contributed by atoms with Gasteiger partial charge in [-0.15, -0.1) is 10.2 Å². The van der Waals surface area contributed by atoms with Gasteiger partial charge in [-0.25, -0.2) is 0 Å². The SMILES string of the molecule is N=C(/C=C\c1nnc(COc2ccc(O)cc2)[nH]1)Nc1cccc(Cl)c1. The Hall–Kier alpha value is -3.32. The van der Waals surface area contributed by atoms with Crippen LogP contribution in [0.1, 0.15) is 11.6 Å². The number of amidine groups is 1. The number of benzene rings is 2. The first-order chi connectivity index (χ1) is 12.6. The molecule has 1 heterocycles. The van der Waals surface area contributed by atoms with Gasteiger partial charge in [-0.1, -0.05) is 17.7 Å². The highest BCUT2D eigenvalue weighted by molar-refractivity contribution is 6.30. The Labute approximate surface area is 154 Å². The van der Waals surface area contributed by atoms with Crippen molar-refractivity contribution in [2.75, 3.05) is 5.32 Å². The third kappa shape index (κ3) is 5.09. The Morgan fingerprint density at radius 1 is 1.23 bits per heavy atom. The van der Waals surface area contributed by atoms with Gasteiger partial charge in [0.05, 0.1) is 0 Å². The minimum absolute atomic E-state index is 0.179. The minimum atomic E-state index is 0.179. The first kappa shape index (κ1) is 17.5. The van der Waals surface area contributed by atoms with E-state index < -0.39 is 0 Å². The number of nitrogens with zero attached hydrogens (tertiary/aromatic N) is 2. The maximum Gasteiger partial charge on any atom is 0.168 e. The highest BCUT2D eigenvalue weighted by atomic mass is 35.5. The van der Waals surface area contributed by atoms with E-state index in [9.17, 15) is 5.11 Å². The van der Waals surface area contributed by atoms with E-state index in [-0.39, 0.29) is 18.2 Å². The summed E-state index contributed by atoms with van der Waals surface area (Å²) in [5, 5.41) is 28.6. The van der Waals surface area contributed by atoms with Crippen LogP contribution in [0.3, 0.4) is 0 Å². The second-order valence-corrected chi connectivity index (χ2v) is 5.76. The Morgan fingerprint density at radius 3 is 2.81 bits per heavy atom. The number of halogens is 1. The molecule has 8 heteroatoms. The maximum atomic E-state index is 9.24. The number of anilines is 1. The van der Waals surface area contributed by atoms with Crippen LogP contribution in [0.5, 0.6) is 11.5 Å². The molecule has 2 aromatic carbocycles. The Morgan fingerprint density at radius 2 is 2.04 bits per heavy atom. The van der Waals surface area contributed by atoms with Crippen molar-refractivity contribution in [2.45, 2.75) is 6.61 Å². The van der Waals surface area contributed by atoms with Gasteiger partial charge in [0, 0.05) is 10.7 Å². The highest BCUT2D eigenvalue weighted by Crippen LogP contribution is 2.17. The summed E-state index contributed by atoms with van der Waals surface area (Å²) in [7, 11) is 0. The average Bonchev–Trinajstić information content (AvgIpc) is 3.07. The van der Waals surface area contributed by atoms with Crippen LogP contribution in [-0.2, 0) is 6.61 Å². The molecule has 0 bridgehead atoms. The lowest BCUT2D eigenvalue weighted by atomic mass is 10.3. The fraction of sp³-hybridized carbons (Fsp3) is 0.0556. The number of phenols is 1. The predicted octanol–water partition coefficient (Wildman–Crippen LogP) is 3.85. The van der Waals surface area contributed by atoms with Crippen molar-refractivity contribution in [3.05, 3.63) is 71.3 Å². The van der Waals surface area contributed by atoms with Crippen molar-refractivity contribution < 1.29 is 9.84 Å². The third-order valence-electron chi connectivity index (χ3n) is 3.27. The molecule has 26 heavy (non-hydrogen) atoms. The van der Waals surface area contributed by atoms with Gasteiger partial charge in [-0.05, 0) is 54.6 Å². The van der Waals surface area contributed by atoms with E-state index in [4.69, 9.17) is 21.7 Å². The second kappa shape index (κ2) is 8.17. The first-order valence-electron chi connectivity index (χ1n) is 7.71. The van der Waals surface area contributed by atoms with Crippen molar-refractivity contribution in [3.8, 4) is 11.5 Å². The highest BCUT2D eigenvalue weighted by Gasteiger charge is 2.02. The van der Waals surface area contributed by atoms with Gasteiger partial charge >= 0.3 is 0 Å². The van der Waals surface area contributed by atoms with Crippen LogP contribution in [-0.4, -0.2) is 26.1 Å². The van der Waals surface area contributed by atoms with E-state index in [0.717, 1.165) is 5.69 Å². The van der Waals surface area contributed by atoms with E-state index in [1.165, 1.54) is 0 Å². The summed E-state index contributed by atoms with van der Waals surface area (Å²) in [5.74, 6) is 2.03. The molecule has 0 saturated heterocycles. The monoisotopic (exact) mass is 369 g/mol. The maximum absolute atomic E-state index is 9.24. The molecule has 0 aliphatic heterocycles. The van der Waals surface area contributed by atoms with E-state index in [0.29, 0.717) is 22.4 Å². The molecule has 3 rings (SSSR count). The number of nitrogens with one attached hydrogen (secondary N) is 3. The molecule has 7 nitrogen and oxygen atoms in total. The largest absolute Gasteiger partial charge is 0.508 e. The topological polar surface area (TPSA) is 107 Å². The summed E-state index contributed by atoms with van der Waals surface area (Å²) in [5.41, 5.74) is 0.729. The number of aromatic hydroxyl groups is 1. The van der Waals surface area contributed by atoms with Crippen LogP contribution >= 0.6 is 11.6 Å². The van der Waals surface area contributed by atoms with Crippen LogP contribution in [0.4, 0.5) is 5.69 Å². The normalized spacial score (nSPS) is 10.8. The van der Waals surface area contributed by atoms with Gasteiger partial charge in [-0.2, -0.15) is 0 Å². The standard InChI is InChI=1S/C18H16ClN5O2/c19-12-2-1-3-13(10-12)21-16(20)8-9-17-22-18(24-23-17)11-26-15-6-4-14(25)5-7-15/h1-10,25H,11H2,(H2,20,21)(H,22,23,24)/b9-8-. The fourth-order valence-electron chi connectivity index (χ4n) is 2.07. The minimum Gasteiger partial charge on any atom is -0.508 e. The van der Waals surface area contributed by atoms with Gasteiger partial charge in [0.1, 0.15) is 23.9 Å². The molecule has 132 valence electrons. The molecule has 0 saturated carbocycles. The van der Waals surface area contributed by atoms with Crippen molar-refractivity contribution in [3.63, 3.8) is 0 Å². The zero-order chi connectivity index (χ0) is 18.4. The number of rotatable bonds is 6. The summed E-state index contributed by atoms with van der Waals surface area (Å²) in [6.45, 7) is 0.212. The molecular formula is C18H16ClN5O2. The molecule has 0 radical (unpaired) electrons. The van der Waals surface area contributed by atoms with Crippen LogP contribution < -0.4 is 10.1 Å². The van der Waals surface area contributed by atoms with Crippen LogP contribution in [0, 0.1) is 5.41 Å². The van der Waals surface area contributed by atoms with E-state index >= 15 is 0 Å². The Kier molecular flexibility index (Phi) is 5.50. The average molecular weight is 370 g/mol. The van der Waals surface area contributed by atoms with Gasteiger partial charge < -0.3 is 20.1 Å². The molecule has 0 unspecified atom stereocenters. The number of hydrogen-bond acceptors (Lipinski definition) is 5. The molecule has 0 fully saturated rings. The molecule has 0 spiro atoms. The van der Waals surface area contributed by atoms with Crippen molar-refractivity contribution in [1.29, 1.82) is 5.41 Å². The molecule has 3 aromatic rings. The second-order valence-electron chi connectivity index (χ2n) is 5.32. The lowest BCUT2D eigenvalue weighted by Gasteiger charge is -2.04. The predicted molar refractivity (Wildman–Crippen MR) is 101 cm³/mol. The quantitative estimate of drug-likeness (QED) is 0.390. The van der Waals surface area contributed by atoms with E-state index in [1.54, 1.807) is 54.6 Å². The lowest BCUT2D eigenvalue weighted by molar-refractivity contribution is 0.296.